The van der Waals surface area contributed by atoms with E-state index >= 15 is 0 Å². The Morgan fingerprint density at radius 2 is 0.805 bits per heavy atom. The maximum atomic E-state index is 10.2. The Morgan fingerprint density at radius 3 is 1.12 bits per heavy atom. The molecular weight excluding hydrogens is 543 g/mol. The van der Waals surface area contributed by atoms with Crippen LogP contribution in [0.2, 0.25) is 0 Å². The van der Waals surface area contributed by atoms with E-state index in [1.165, 1.54) is 141 Å². The first-order valence-electron chi connectivity index (χ1n) is 17.3. The Labute approximate surface area is 279 Å². The predicted octanol–water partition coefficient (Wildman–Crippen LogP) is 7.96. The molecule has 0 rings (SSSR count). The first-order chi connectivity index (χ1) is 19.5. The maximum Gasteiger partial charge on any atom is 1.00 e. The van der Waals surface area contributed by atoms with E-state index in [2.05, 4.69) is 30.2 Å². The number of aliphatic hydroxyl groups is 1. The van der Waals surface area contributed by atoms with Gasteiger partial charge in [-0.2, -0.15) is 0 Å². The summed E-state index contributed by atoms with van der Waals surface area (Å²) >= 11 is 0. The van der Waals surface area contributed by atoms with Gasteiger partial charge in [-0.1, -0.05) is 167 Å². The van der Waals surface area contributed by atoms with Gasteiger partial charge in [0.1, 0.15) is 0 Å². The van der Waals surface area contributed by atoms with Crippen molar-refractivity contribution >= 4 is 10.4 Å². The fraction of sp³-hybridized carbons (Fsp3) is 0.941. The molecule has 5 nitrogen and oxygen atoms in total. The number of aliphatic hydroxyl groups excluding tert-OH is 1. The molecule has 0 aliphatic rings. The van der Waals surface area contributed by atoms with Crippen molar-refractivity contribution in [2.24, 2.45) is 0 Å². The molecule has 0 aliphatic carbocycles. The summed E-state index contributed by atoms with van der Waals surface area (Å²) in [7, 11) is -4.50. The van der Waals surface area contributed by atoms with Crippen molar-refractivity contribution in [3.05, 3.63) is 12.2 Å². The standard InChI is InChI=1S/C18H36O4S.C16H34O.Na/c1-2-3-4-5-6-7-8-9-10-11-12-13-14-15-16-17-18-22-23(19,20)21;1-2-3-4-5-6-7-8-9-10-11-12-13-14-15-16-17;/h9-10H,2-8,11-18H2,1H3,(H,19,20,21);17H,2-16H2,1H3;/q;;+1/p-1/b10-9-;;. The van der Waals surface area contributed by atoms with Gasteiger partial charge < -0.3 is 9.66 Å². The van der Waals surface area contributed by atoms with Crippen LogP contribution in [-0.2, 0) is 14.6 Å². The Bertz CT molecular complexity index is 570. The normalized spacial score (nSPS) is 11.4. The molecule has 0 spiro atoms. The van der Waals surface area contributed by atoms with E-state index in [1.807, 2.05) is 0 Å². The topological polar surface area (TPSA) is 86.7 Å². The molecule has 0 unspecified atom stereocenters. The Morgan fingerprint density at radius 1 is 0.512 bits per heavy atom. The van der Waals surface area contributed by atoms with Crippen molar-refractivity contribution < 1.29 is 51.8 Å². The molecule has 0 fully saturated rings. The molecule has 0 aromatic rings. The Hall–Kier alpha value is 0.570. The SMILES string of the molecule is CCCCCCCC/C=C\CCCCCCCCOS(=O)(=O)[O-].CCCCCCCCCCCCCCCCO.[Na+]. The van der Waals surface area contributed by atoms with Crippen LogP contribution in [0.25, 0.3) is 0 Å². The fourth-order valence-corrected chi connectivity index (χ4v) is 5.14. The molecule has 242 valence electrons. The summed E-state index contributed by atoms with van der Waals surface area (Å²) in [5, 5.41) is 8.64. The number of unbranched alkanes of at least 4 members (excludes halogenated alkanes) is 25. The molecule has 41 heavy (non-hydrogen) atoms. The van der Waals surface area contributed by atoms with Gasteiger partial charge in [0, 0.05) is 6.61 Å². The van der Waals surface area contributed by atoms with Gasteiger partial charge in [-0.3, -0.25) is 4.18 Å². The molecule has 0 bridgehead atoms. The number of hydrogen-bond acceptors (Lipinski definition) is 5. The first kappa shape index (κ1) is 46.0. The molecule has 1 N–H and O–H groups in total. The van der Waals surface area contributed by atoms with Crippen LogP contribution in [0.4, 0.5) is 0 Å². The van der Waals surface area contributed by atoms with Gasteiger partial charge >= 0.3 is 29.6 Å². The van der Waals surface area contributed by atoms with Crippen molar-refractivity contribution in [1.82, 2.24) is 0 Å². The van der Waals surface area contributed by atoms with Crippen LogP contribution in [0.5, 0.6) is 0 Å². The van der Waals surface area contributed by atoms with Gasteiger partial charge in [-0.05, 0) is 38.5 Å². The Kier molecular flexibility index (Phi) is 45.5. The van der Waals surface area contributed by atoms with E-state index in [9.17, 15) is 13.0 Å². The van der Waals surface area contributed by atoms with E-state index in [4.69, 9.17) is 5.11 Å². The minimum atomic E-state index is -4.50. The van der Waals surface area contributed by atoms with Crippen LogP contribution in [0.1, 0.15) is 194 Å². The summed E-state index contributed by atoms with van der Waals surface area (Å²) in [6, 6.07) is 0. The summed E-state index contributed by atoms with van der Waals surface area (Å²) in [5.74, 6) is 0. The molecule has 0 radical (unpaired) electrons. The molecule has 0 aromatic heterocycles. The summed E-state index contributed by atoms with van der Waals surface area (Å²) in [5.41, 5.74) is 0. The van der Waals surface area contributed by atoms with Gasteiger partial charge in [-0.25, -0.2) is 8.42 Å². The summed E-state index contributed by atoms with van der Waals surface area (Å²) < 4.78 is 34.8. The zero-order valence-corrected chi connectivity index (χ0v) is 30.7. The van der Waals surface area contributed by atoms with E-state index < -0.39 is 10.4 Å². The first-order valence-corrected chi connectivity index (χ1v) is 18.7. The van der Waals surface area contributed by atoms with E-state index in [1.54, 1.807) is 0 Å². The van der Waals surface area contributed by atoms with Crippen LogP contribution in [0.3, 0.4) is 0 Å². The molecule has 0 amide bonds. The van der Waals surface area contributed by atoms with Gasteiger partial charge in [-0.15, -0.1) is 0 Å². The smallest absolute Gasteiger partial charge is 0.726 e. The van der Waals surface area contributed by atoms with E-state index in [0.29, 0.717) is 13.0 Å². The second kappa shape index (κ2) is 40.6. The van der Waals surface area contributed by atoms with Gasteiger partial charge in [0.05, 0.1) is 6.61 Å². The average Bonchev–Trinajstić information content (AvgIpc) is 2.93. The third kappa shape index (κ3) is 50.5. The third-order valence-electron chi connectivity index (χ3n) is 7.40. The monoisotopic (exact) mass is 612 g/mol. The molecule has 0 atom stereocenters. The fourth-order valence-electron chi connectivity index (χ4n) is 4.82. The van der Waals surface area contributed by atoms with Crippen LogP contribution >= 0.6 is 0 Å². The minimum Gasteiger partial charge on any atom is -0.726 e. The second-order valence-electron chi connectivity index (χ2n) is 11.5. The zero-order chi connectivity index (χ0) is 29.8. The van der Waals surface area contributed by atoms with Gasteiger partial charge in [0.25, 0.3) is 0 Å². The molecule has 0 saturated heterocycles. The van der Waals surface area contributed by atoms with Gasteiger partial charge in [0.2, 0.25) is 10.4 Å². The summed E-state index contributed by atoms with van der Waals surface area (Å²) in [4.78, 5) is 0. The predicted molar refractivity (Wildman–Crippen MR) is 172 cm³/mol. The zero-order valence-electron chi connectivity index (χ0n) is 27.9. The maximum absolute atomic E-state index is 10.2. The summed E-state index contributed by atoms with van der Waals surface area (Å²) in [6.07, 6.45) is 40.6. The largest absolute Gasteiger partial charge is 1.00 e. The second-order valence-corrected chi connectivity index (χ2v) is 12.5. The van der Waals surface area contributed by atoms with Crippen molar-refractivity contribution in [3.63, 3.8) is 0 Å². The van der Waals surface area contributed by atoms with Crippen LogP contribution in [-0.4, -0.2) is 31.3 Å². The average molecular weight is 613 g/mol. The minimum absolute atomic E-state index is 0. The summed E-state index contributed by atoms with van der Waals surface area (Å²) in [6.45, 7) is 4.92. The van der Waals surface area contributed by atoms with Crippen LogP contribution in [0.15, 0.2) is 12.2 Å². The molecule has 0 aliphatic heterocycles. The number of rotatable bonds is 31. The van der Waals surface area contributed by atoms with Crippen molar-refractivity contribution in [3.8, 4) is 0 Å². The molecule has 7 heteroatoms. The van der Waals surface area contributed by atoms with Crippen molar-refractivity contribution in [2.45, 2.75) is 194 Å². The van der Waals surface area contributed by atoms with Crippen molar-refractivity contribution in [1.29, 1.82) is 0 Å². The Balaban J connectivity index is -0.000000718. The van der Waals surface area contributed by atoms with Gasteiger partial charge in [0.15, 0.2) is 0 Å². The molecule has 0 saturated carbocycles. The quantitative estimate of drug-likeness (QED) is 0.0282. The van der Waals surface area contributed by atoms with Crippen LogP contribution in [0, 0.1) is 0 Å². The molecule has 0 aromatic carbocycles. The van der Waals surface area contributed by atoms with E-state index in [-0.39, 0.29) is 36.2 Å². The van der Waals surface area contributed by atoms with Crippen LogP contribution < -0.4 is 29.6 Å². The van der Waals surface area contributed by atoms with E-state index in [0.717, 1.165) is 32.1 Å². The molecular formula is C34H69NaO5S. The molecule has 0 heterocycles. The number of allylic oxidation sites excluding steroid dienone is 2. The number of hydrogen-bond donors (Lipinski definition) is 1. The van der Waals surface area contributed by atoms with Crippen molar-refractivity contribution in [2.75, 3.05) is 13.2 Å². The third-order valence-corrected chi connectivity index (χ3v) is 7.85.